The Bertz CT molecular complexity index is 801. The fraction of sp³-hybridized carbons (Fsp3) is 0.650. The molecule has 2 rings (SSSR count). The van der Waals surface area contributed by atoms with Gasteiger partial charge in [0.1, 0.15) is 29.7 Å². The molecule has 0 spiro atoms. The predicted octanol–water partition coefficient (Wildman–Crippen LogP) is -2.13. The van der Waals surface area contributed by atoms with Crippen LogP contribution >= 0.6 is 0 Å². The van der Waals surface area contributed by atoms with E-state index in [4.69, 9.17) is 5.11 Å². The van der Waals surface area contributed by atoms with E-state index in [0.717, 1.165) is 0 Å². The van der Waals surface area contributed by atoms with Gasteiger partial charge in [0.25, 0.3) is 0 Å². The van der Waals surface area contributed by atoms with Crippen LogP contribution in [0.4, 0.5) is 0 Å². The number of sulfone groups is 1. The van der Waals surface area contributed by atoms with Crippen LogP contribution in [0, 0.1) is 0 Å². The van der Waals surface area contributed by atoms with E-state index in [1.54, 1.807) is 18.2 Å². The van der Waals surface area contributed by atoms with Crippen molar-refractivity contribution in [3.8, 4) is 0 Å². The molecule has 1 aliphatic rings. The minimum atomic E-state index is -3.99. The number of rotatable bonds is 10. The molecule has 0 saturated carbocycles. The number of piperidine rings is 1. The number of carbonyl (C=O) groups is 1. The van der Waals surface area contributed by atoms with Crippen LogP contribution in [0.2, 0.25) is 0 Å². The molecule has 5 atom stereocenters. The summed E-state index contributed by atoms with van der Waals surface area (Å²) in [5.41, 5.74) is 0. The molecule has 1 aromatic rings. The van der Waals surface area contributed by atoms with Crippen molar-refractivity contribution >= 4 is 15.7 Å². The van der Waals surface area contributed by atoms with E-state index < -0.39 is 58.6 Å². The molecule has 0 radical (unpaired) electrons. The second kappa shape index (κ2) is 11.3. The van der Waals surface area contributed by atoms with Crippen LogP contribution in [0.1, 0.15) is 19.8 Å². The first-order chi connectivity index (χ1) is 14.6. The molecule has 1 saturated heterocycles. The summed E-state index contributed by atoms with van der Waals surface area (Å²) in [5.74, 6) is -0.723. The molecule has 1 aromatic carbocycles. The third-order valence-corrected chi connectivity index (χ3v) is 7.69. The Balaban J connectivity index is 2.25. The SMILES string of the molecule is CC(C(=O)N(C[C@H](O)[C@@H](O)[C@H](O)[C@H](O)CO)C1CCNCC1)S(=O)(=O)c1ccccc1. The fourth-order valence-electron chi connectivity index (χ4n) is 3.59. The molecule has 1 amide bonds. The highest BCUT2D eigenvalue weighted by Gasteiger charge is 2.39. The highest BCUT2D eigenvalue weighted by atomic mass is 32.2. The van der Waals surface area contributed by atoms with Gasteiger partial charge in [-0.1, -0.05) is 18.2 Å². The van der Waals surface area contributed by atoms with Gasteiger partial charge in [0.15, 0.2) is 9.84 Å². The van der Waals surface area contributed by atoms with Gasteiger partial charge in [-0.15, -0.1) is 0 Å². The number of hydrogen-bond donors (Lipinski definition) is 6. The van der Waals surface area contributed by atoms with Gasteiger partial charge in [0.2, 0.25) is 5.91 Å². The minimum absolute atomic E-state index is 0.00295. The summed E-state index contributed by atoms with van der Waals surface area (Å²) < 4.78 is 25.9. The van der Waals surface area contributed by atoms with Gasteiger partial charge in [-0.2, -0.15) is 0 Å². The van der Waals surface area contributed by atoms with Crippen molar-refractivity contribution < 1.29 is 38.7 Å². The quantitative estimate of drug-likeness (QED) is 0.228. The highest BCUT2D eigenvalue weighted by Crippen LogP contribution is 2.22. The molecule has 0 aromatic heterocycles. The third kappa shape index (κ3) is 6.22. The maximum Gasteiger partial charge on any atom is 0.241 e. The van der Waals surface area contributed by atoms with Crippen LogP contribution in [0.3, 0.4) is 0 Å². The lowest BCUT2D eigenvalue weighted by molar-refractivity contribution is -0.142. The Morgan fingerprint density at radius 1 is 1.06 bits per heavy atom. The first-order valence-corrected chi connectivity index (χ1v) is 11.8. The van der Waals surface area contributed by atoms with Gasteiger partial charge in [0.05, 0.1) is 11.5 Å². The van der Waals surface area contributed by atoms with Crippen LogP contribution < -0.4 is 5.32 Å². The number of aliphatic hydroxyl groups excluding tert-OH is 5. The van der Waals surface area contributed by atoms with Crippen molar-refractivity contribution in [3.63, 3.8) is 0 Å². The van der Waals surface area contributed by atoms with Gasteiger partial charge in [-0.25, -0.2) is 8.42 Å². The third-order valence-electron chi connectivity index (χ3n) is 5.63. The van der Waals surface area contributed by atoms with Gasteiger partial charge >= 0.3 is 0 Å². The summed E-state index contributed by atoms with van der Waals surface area (Å²) >= 11 is 0. The molecule has 176 valence electrons. The monoisotopic (exact) mass is 460 g/mol. The van der Waals surface area contributed by atoms with E-state index in [1.165, 1.54) is 24.0 Å². The van der Waals surface area contributed by atoms with Gasteiger partial charge in [0, 0.05) is 12.6 Å². The Morgan fingerprint density at radius 3 is 2.16 bits per heavy atom. The Labute approximate surface area is 182 Å². The van der Waals surface area contributed by atoms with Crippen molar-refractivity contribution in [2.45, 2.75) is 60.4 Å². The molecular weight excluding hydrogens is 428 g/mol. The number of nitrogens with one attached hydrogen (secondary N) is 1. The highest BCUT2D eigenvalue weighted by molar-refractivity contribution is 7.92. The van der Waals surface area contributed by atoms with Crippen molar-refractivity contribution in [1.29, 1.82) is 0 Å². The first kappa shape index (κ1) is 25.7. The average Bonchev–Trinajstić information content (AvgIpc) is 2.80. The number of benzene rings is 1. The summed E-state index contributed by atoms with van der Waals surface area (Å²) in [4.78, 5) is 14.5. The van der Waals surface area contributed by atoms with Crippen LogP contribution in [0.5, 0.6) is 0 Å². The zero-order valence-electron chi connectivity index (χ0n) is 17.4. The van der Waals surface area contributed by atoms with Crippen molar-refractivity contribution in [3.05, 3.63) is 30.3 Å². The number of carbonyl (C=O) groups excluding carboxylic acids is 1. The van der Waals surface area contributed by atoms with E-state index in [-0.39, 0.29) is 10.9 Å². The average molecular weight is 461 g/mol. The summed E-state index contributed by atoms with van der Waals surface area (Å²) in [6.45, 7) is 1.21. The lowest BCUT2D eigenvalue weighted by Gasteiger charge is -2.38. The van der Waals surface area contributed by atoms with Gasteiger partial charge in [-0.05, 0) is 45.0 Å². The normalized spacial score (nSPS) is 20.5. The summed E-state index contributed by atoms with van der Waals surface area (Å²) in [6, 6.07) is 7.21. The molecule has 0 bridgehead atoms. The van der Waals surface area contributed by atoms with Crippen LogP contribution in [-0.4, -0.2) is 107 Å². The second-order valence-electron chi connectivity index (χ2n) is 7.77. The van der Waals surface area contributed by atoms with E-state index in [2.05, 4.69) is 5.32 Å². The maximum atomic E-state index is 13.3. The molecule has 0 aliphatic carbocycles. The van der Waals surface area contributed by atoms with Gasteiger partial charge < -0.3 is 35.7 Å². The molecule has 11 heteroatoms. The molecule has 1 fully saturated rings. The number of amides is 1. The lowest BCUT2D eigenvalue weighted by Crippen LogP contribution is -2.56. The van der Waals surface area contributed by atoms with E-state index in [9.17, 15) is 33.6 Å². The standard InChI is InChI=1S/C20H32N2O8S/c1-13(31(29,30)15-5-3-2-4-6-15)20(28)22(14-7-9-21-10-8-14)11-16(24)18(26)19(27)17(25)12-23/h2-6,13-14,16-19,21,23-27H,7-12H2,1H3/t13?,16-,17+,18+,19+/m0/s1. The minimum Gasteiger partial charge on any atom is -0.394 e. The van der Waals surface area contributed by atoms with Crippen LogP contribution in [-0.2, 0) is 14.6 Å². The summed E-state index contributed by atoms with van der Waals surface area (Å²) in [6.07, 6.45) is -5.98. The van der Waals surface area contributed by atoms with Crippen molar-refractivity contribution in [2.24, 2.45) is 0 Å². The second-order valence-corrected chi connectivity index (χ2v) is 10.0. The van der Waals surface area contributed by atoms with E-state index in [0.29, 0.717) is 25.9 Å². The largest absolute Gasteiger partial charge is 0.394 e. The van der Waals surface area contributed by atoms with E-state index in [1.807, 2.05) is 0 Å². The molecular formula is C20H32N2O8S. The molecule has 1 unspecified atom stereocenters. The smallest absolute Gasteiger partial charge is 0.241 e. The van der Waals surface area contributed by atoms with Crippen LogP contribution in [0.25, 0.3) is 0 Å². The van der Waals surface area contributed by atoms with Gasteiger partial charge in [-0.3, -0.25) is 4.79 Å². The van der Waals surface area contributed by atoms with Crippen molar-refractivity contribution in [2.75, 3.05) is 26.2 Å². The predicted molar refractivity (Wildman–Crippen MR) is 112 cm³/mol. The number of hydrogen-bond acceptors (Lipinski definition) is 9. The van der Waals surface area contributed by atoms with E-state index >= 15 is 0 Å². The van der Waals surface area contributed by atoms with Crippen molar-refractivity contribution in [1.82, 2.24) is 10.2 Å². The summed E-state index contributed by atoms with van der Waals surface area (Å²) in [5, 5.41) is 50.6. The Morgan fingerprint density at radius 2 is 1.61 bits per heavy atom. The maximum absolute atomic E-state index is 13.3. The van der Waals surface area contributed by atoms with Crippen LogP contribution in [0.15, 0.2) is 35.2 Å². The first-order valence-electron chi connectivity index (χ1n) is 10.2. The fourth-order valence-corrected chi connectivity index (χ4v) is 4.94. The molecule has 10 nitrogen and oxygen atoms in total. The zero-order chi connectivity index (χ0) is 23.2. The molecule has 6 N–H and O–H groups in total. The Hall–Kier alpha value is -1.60. The number of aliphatic hydroxyl groups is 5. The topological polar surface area (TPSA) is 168 Å². The number of nitrogens with zero attached hydrogens (tertiary/aromatic N) is 1. The zero-order valence-corrected chi connectivity index (χ0v) is 18.2. The molecule has 1 aliphatic heterocycles. The summed E-state index contributed by atoms with van der Waals surface area (Å²) in [7, 11) is -3.99. The lowest BCUT2D eigenvalue weighted by atomic mass is 10.00. The Kier molecular flexibility index (Phi) is 9.37. The molecule has 1 heterocycles. The molecule has 31 heavy (non-hydrogen) atoms.